The smallest absolute Gasteiger partial charge is 0.287 e. The quantitative estimate of drug-likeness (QED) is 0.817. The largest absolute Gasteiger partial charge is 0.444 e. The maximum atomic E-state index is 12.6. The highest BCUT2D eigenvalue weighted by atomic mass is 79.9. The number of carbonyl (C=O) groups excluding carboxylic acids is 2. The summed E-state index contributed by atoms with van der Waals surface area (Å²) in [4.78, 5) is 38.4. The molecule has 0 atom stereocenters. The molecule has 1 saturated heterocycles. The molecule has 0 unspecified atom stereocenters. The maximum absolute atomic E-state index is 12.6. The minimum atomic E-state index is -0.281. The number of nitrogens with zero attached hydrogens (tertiary/aromatic N) is 2. The first-order valence-electron chi connectivity index (χ1n) is 8.44. The van der Waals surface area contributed by atoms with Gasteiger partial charge in [0.2, 0.25) is 0 Å². The average Bonchev–Trinajstić information content (AvgIpc) is 3.08. The monoisotopic (exact) mass is 421 g/mol. The minimum absolute atomic E-state index is 0.199. The molecule has 26 heavy (non-hydrogen) atoms. The second-order valence-electron chi connectivity index (χ2n) is 6.39. The van der Waals surface area contributed by atoms with Crippen LogP contribution in [0.15, 0.2) is 44.3 Å². The fourth-order valence-electron chi connectivity index (χ4n) is 3.03. The van der Waals surface area contributed by atoms with Crippen molar-refractivity contribution in [3.63, 3.8) is 0 Å². The van der Waals surface area contributed by atoms with Gasteiger partial charge in [0.15, 0.2) is 10.4 Å². The molecule has 8 heteroatoms. The zero-order valence-electron chi connectivity index (χ0n) is 14.4. The molecule has 138 valence electrons. The number of aryl methyl sites for hydroxylation is 1. The second-order valence-corrected chi connectivity index (χ2v) is 7.17. The van der Waals surface area contributed by atoms with Crippen molar-refractivity contribution >= 4 is 27.7 Å². The number of carbonyl (C=O) groups is 2. The van der Waals surface area contributed by atoms with E-state index in [0.717, 1.165) is 12.8 Å². The lowest BCUT2D eigenvalue weighted by Crippen LogP contribution is -2.43. The average molecular weight is 422 g/mol. The lowest BCUT2D eigenvalue weighted by Gasteiger charge is -2.32. The topological polar surface area (TPSA) is 84.6 Å². The van der Waals surface area contributed by atoms with E-state index in [9.17, 15) is 14.4 Å². The van der Waals surface area contributed by atoms with Crippen molar-refractivity contribution in [3.8, 4) is 0 Å². The summed E-state index contributed by atoms with van der Waals surface area (Å²) in [6.45, 7) is 1.68. The molecule has 2 aromatic heterocycles. The highest BCUT2D eigenvalue weighted by Gasteiger charge is 2.25. The van der Waals surface area contributed by atoms with Gasteiger partial charge in [-0.3, -0.25) is 14.4 Å². The summed E-state index contributed by atoms with van der Waals surface area (Å²) in [5.41, 5.74) is -0.0818. The normalized spacial score (nSPS) is 15.1. The van der Waals surface area contributed by atoms with Gasteiger partial charge in [-0.2, -0.15) is 0 Å². The minimum Gasteiger partial charge on any atom is -0.444 e. The summed E-state index contributed by atoms with van der Waals surface area (Å²) in [6.07, 6.45) is 3.19. The highest BCUT2D eigenvalue weighted by Crippen LogP contribution is 2.18. The van der Waals surface area contributed by atoms with Gasteiger partial charge in [0, 0.05) is 32.9 Å². The molecule has 0 bridgehead atoms. The molecule has 0 saturated carbocycles. The predicted molar refractivity (Wildman–Crippen MR) is 99.1 cm³/mol. The molecule has 0 radical (unpaired) electrons. The summed E-state index contributed by atoms with van der Waals surface area (Å²) in [7, 11) is 1.63. The van der Waals surface area contributed by atoms with Crippen LogP contribution in [0.1, 0.15) is 33.8 Å². The molecule has 3 rings (SSSR count). The van der Waals surface area contributed by atoms with Crippen molar-refractivity contribution in [2.45, 2.75) is 12.8 Å². The van der Waals surface area contributed by atoms with Crippen molar-refractivity contribution < 1.29 is 14.0 Å². The van der Waals surface area contributed by atoms with Gasteiger partial charge in [0.05, 0.1) is 0 Å². The Labute approximate surface area is 159 Å². The SMILES string of the molecule is Cn1cccc(C(=O)N2CCC(CNC(=O)c3ccc(Br)o3)CC2)c1=O. The first-order valence-corrected chi connectivity index (χ1v) is 9.23. The van der Waals surface area contributed by atoms with Gasteiger partial charge < -0.3 is 19.2 Å². The highest BCUT2D eigenvalue weighted by molar-refractivity contribution is 9.10. The van der Waals surface area contributed by atoms with Crippen molar-refractivity contribution in [3.05, 3.63) is 56.8 Å². The van der Waals surface area contributed by atoms with Gasteiger partial charge in [-0.1, -0.05) is 0 Å². The van der Waals surface area contributed by atoms with Crippen LogP contribution in [0.4, 0.5) is 0 Å². The number of aromatic nitrogens is 1. The first-order chi connectivity index (χ1) is 12.5. The third kappa shape index (κ3) is 4.07. The molecule has 1 aliphatic rings. The number of amides is 2. The number of halogens is 1. The Hall–Kier alpha value is -2.35. The van der Waals surface area contributed by atoms with Gasteiger partial charge in [-0.05, 0) is 59.0 Å². The van der Waals surface area contributed by atoms with Crippen LogP contribution in [0.25, 0.3) is 0 Å². The number of rotatable bonds is 4. The molecule has 1 fully saturated rings. The van der Waals surface area contributed by atoms with E-state index in [-0.39, 0.29) is 28.7 Å². The fraction of sp³-hybridized carbons (Fsp3) is 0.389. The third-order valence-electron chi connectivity index (χ3n) is 4.60. The van der Waals surface area contributed by atoms with Gasteiger partial charge in [-0.15, -0.1) is 0 Å². The second kappa shape index (κ2) is 7.90. The molecule has 7 nitrogen and oxygen atoms in total. The Morgan fingerprint density at radius 3 is 2.65 bits per heavy atom. The summed E-state index contributed by atoms with van der Waals surface area (Å²) in [5, 5.41) is 2.86. The van der Waals surface area contributed by atoms with Crippen molar-refractivity contribution in [2.75, 3.05) is 19.6 Å². The summed E-state index contributed by atoms with van der Waals surface area (Å²) < 4.78 is 7.14. The Bertz CT molecular complexity index is 865. The van der Waals surface area contributed by atoms with Crippen LogP contribution in [-0.4, -0.2) is 40.9 Å². The van der Waals surface area contributed by atoms with E-state index >= 15 is 0 Å². The van der Waals surface area contributed by atoms with Gasteiger partial charge in [-0.25, -0.2) is 0 Å². The maximum Gasteiger partial charge on any atom is 0.287 e. The molecule has 2 aromatic rings. The number of likely N-dealkylation sites (tertiary alicyclic amines) is 1. The van der Waals surface area contributed by atoms with Crippen LogP contribution in [0.3, 0.4) is 0 Å². The summed E-state index contributed by atoms with van der Waals surface area (Å²) in [6, 6.07) is 6.55. The van der Waals surface area contributed by atoms with Crippen molar-refractivity contribution in [1.82, 2.24) is 14.8 Å². The molecular weight excluding hydrogens is 402 g/mol. The predicted octanol–water partition coefficient (Wildman–Crippen LogP) is 2.02. The van der Waals surface area contributed by atoms with Gasteiger partial charge in [0.1, 0.15) is 5.56 Å². The van der Waals surface area contributed by atoms with Crippen LogP contribution >= 0.6 is 15.9 Å². The van der Waals surface area contributed by atoms with E-state index < -0.39 is 0 Å². The van der Waals surface area contributed by atoms with E-state index in [1.54, 1.807) is 42.4 Å². The van der Waals surface area contributed by atoms with E-state index in [2.05, 4.69) is 21.2 Å². The molecule has 0 spiro atoms. The lowest BCUT2D eigenvalue weighted by molar-refractivity contribution is 0.0681. The van der Waals surface area contributed by atoms with Crippen LogP contribution in [-0.2, 0) is 7.05 Å². The van der Waals surface area contributed by atoms with Crippen molar-refractivity contribution in [2.24, 2.45) is 13.0 Å². The Morgan fingerprint density at radius 1 is 1.27 bits per heavy atom. The number of hydrogen-bond acceptors (Lipinski definition) is 4. The zero-order valence-corrected chi connectivity index (χ0v) is 16.0. The fourth-order valence-corrected chi connectivity index (χ4v) is 3.34. The molecule has 0 aliphatic carbocycles. The molecule has 3 heterocycles. The molecule has 1 N–H and O–H groups in total. The van der Waals surface area contributed by atoms with Crippen LogP contribution in [0.5, 0.6) is 0 Å². The molecule has 0 aromatic carbocycles. The van der Waals surface area contributed by atoms with Crippen molar-refractivity contribution in [1.29, 1.82) is 0 Å². The van der Waals surface area contributed by atoms with Gasteiger partial charge >= 0.3 is 0 Å². The number of nitrogens with one attached hydrogen (secondary N) is 1. The summed E-state index contributed by atoms with van der Waals surface area (Å²) in [5.74, 6) is 0.0838. The first kappa shape index (κ1) is 18.4. The van der Waals surface area contributed by atoms with Crippen LogP contribution < -0.4 is 10.9 Å². The van der Waals surface area contributed by atoms with E-state index in [0.29, 0.717) is 30.2 Å². The Balaban J connectivity index is 1.51. The van der Waals surface area contributed by atoms with E-state index in [1.807, 2.05) is 0 Å². The number of hydrogen-bond donors (Lipinski definition) is 1. The lowest BCUT2D eigenvalue weighted by atomic mass is 9.96. The standard InChI is InChI=1S/C18H20BrN3O4/c1-21-8-2-3-13(17(21)24)18(25)22-9-6-12(7-10-22)11-20-16(23)14-4-5-15(19)26-14/h2-5,8,12H,6-7,9-11H2,1H3,(H,20,23). The molecule has 1 aliphatic heterocycles. The zero-order chi connectivity index (χ0) is 18.7. The summed E-state index contributed by atoms with van der Waals surface area (Å²) >= 11 is 3.17. The molecular formula is C18H20BrN3O4. The van der Waals surface area contributed by atoms with Crippen LogP contribution in [0, 0.1) is 5.92 Å². The van der Waals surface area contributed by atoms with Gasteiger partial charge in [0.25, 0.3) is 17.4 Å². The van der Waals surface area contributed by atoms with E-state index in [1.165, 1.54) is 4.57 Å². The Kier molecular flexibility index (Phi) is 5.61. The number of piperidine rings is 1. The third-order valence-corrected chi connectivity index (χ3v) is 5.03. The number of furan rings is 1. The van der Waals surface area contributed by atoms with E-state index in [4.69, 9.17) is 4.42 Å². The Morgan fingerprint density at radius 2 is 2.00 bits per heavy atom. The van der Waals surface area contributed by atoms with Crippen LogP contribution in [0.2, 0.25) is 0 Å². The molecule has 2 amide bonds. The number of pyridine rings is 1.